The fourth-order valence-electron chi connectivity index (χ4n) is 1.99. The number of pyridine rings is 1. The van der Waals surface area contributed by atoms with Crippen LogP contribution in [-0.2, 0) is 19.8 Å². The van der Waals surface area contributed by atoms with Gasteiger partial charge in [-0.2, -0.15) is 4.39 Å². The van der Waals surface area contributed by atoms with Crippen molar-refractivity contribution in [1.29, 1.82) is 0 Å². The second kappa shape index (κ2) is 6.45. The molecule has 0 aliphatic carbocycles. The molecule has 0 bridgehead atoms. The number of hydrogen-bond acceptors (Lipinski definition) is 4. The molecule has 1 aromatic heterocycles. The summed E-state index contributed by atoms with van der Waals surface area (Å²) >= 11 is 0. The van der Waals surface area contributed by atoms with Crippen molar-refractivity contribution in [3.63, 3.8) is 0 Å². The lowest BCUT2D eigenvalue weighted by atomic mass is 10.1. The summed E-state index contributed by atoms with van der Waals surface area (Å²) in [5.41, 5.74) is 1.51. The van der Waals surface area contributed by atoms with Crippen LogP contribution in [-0.4, -0.2) is 15.2 Å². The molecule has 5 heteroatoms. The fourth-order valence-corrected chi connectivity index (χ4v) is 1.99. The Morgan fingerprint density at radius 3 is 2.35 bits per heavy atom. The monoisotopic (exact) mass is 277 g/mol. The molecule has 0 amide bonds. The zero-order chi connectivity index (χ0) is 14.5. The predicted molar refractivity (Wildman–Crippen MR) is 71.6 cm³/mol. The van der Waals surface area contributed by atoms with Gasteiger partial charge in [-0.25, -0.2) is 4.98 Å². The molecular weight excluding hydrogens is 261 g/mol. The number of benzene rings is 1. The first-order valence-corrected chi connectivity index (χ1v) is 6.23. The molecule has 0 aliphatic heterocycles. The van der Waals surface area contributed by atoms with E-state index in [1.807, 2.05) is 30.3 Å². The number of nitrogens with zero attached hydrogens (tertiary/aromatic N) is 1. The maximum absolute atomic E-state index is 13.6. The maximum Gasteiger partial charge on any atom is 0.219 e. The molecule has 4 nitrogen and oxygen atoms in total. The Morgan fingerprint density at radius 2 is 1.75 bits per heavy atom. The highest BCUT2D eigenvalue weighted by molar-refractivity contribution is 5.42. The summed E-state index contributed by atoms with van der Waals surface area (Å²) in [5.74, 6) is -0.456. The third-order valence-electron chi connectivity index (χ3n) is 3.02. The molecule has 20 heavy (non-hydrogen) atoms. The molecular formula is C15H16FNO3. The van der Waals surface area contributed by atoms with E-state index in [0.717, 1.165) is 5.56 Å². The van der Waals surface area contributed by atoms with Crippen LogP contribution in [0.15, 0.2) is 30.3 Å². The molecule has 2 rings (SSSR count). The van der Waals surface area contributed by atoms with E-state index in [0.29, 0.717) is 11.4 Å². The van der Waals surface area contributed by atoms with Crippen LogP contribution in [0.25, 0.3) is 0 Å². The lowest BCUT2D eigenvalue weighted by Gasteiger charge is -2.15. The highest BCUT2D eigenvalue weighted by Gasteiger charge is 2.18. The standard InChI is InChI=1S/C15H16FNO3/c1-10-14(20-9-11-5-3-2-4-6-11)12(7-18)13(8-19)15(16)17-10/h2-6,18-19H,7-9H2,1H3. The van der Waals surface area contributed by atoms with Gasteiger partial charge in [-0.3, -0.25) is 0 Å². The minimum Gasteiger partial charge on any atom is -0.487 e. The SMILES string of the molecule is Cc1nc(F)c(CO)c(CO)c1OCc1ccccc1. The Hall–Kier alpha value is -1.98. The second-order valence-corrected chi connectivity index (χ2v) is 4.36. The molecule has 2 aromatic rings. The van der Waals surface area contributed by atoms with Gasteiger partial charge in [-0.05, 0) is 12.5 Å². The van der Waals surface area contributed by atoms with Crippen LogP contribution in [0.1, 0.15) is 22.4 Å². The van der Waals surface area contributed by atoms with Crippen molar-refractivity contribution in [2.75, 3.05) is 0 Å². The van der Waals surface area contributed by atoms with Gasteiger partial charge in [0.2, 0.25) is 5.95 Å². The van der Waals surface area contributed by atoms with E-state index >= 15 is 0 Å². The number of aliphatic hydroxyl groups is 2. The predicted octanol–water partition coefficient (Wildman–Crippen LogP) is 2.09. The zero-order valence-corrected chi connectivity index (χ0v) is 11.1. The van der Waals surface area contributed by atoms with Crippen molar-refractivity contribution in [3.05, 3.63) is 58.7 Å². The van der Waals surface area contributed by atoms with Crippen molar-refractivity contribution in [3.8, 4) is 5.75 Å². The Balaban J connectivity index is 2.31. The molecule has 0 radical (unpaired) electrons. The average molecular weight is 277 g/mol. The normalized spacial score (nSPS) is 10.6. The largest absolute Gasteiger partial charge is 0.487 e. The summed E-state index contributed by atoms with van der Waals surface area (Å²) in [6.07, 6.45) is 0. The summed E-state index contributed by atoms with van der Waals surface area (Å²) in [7, 11) is 0. The maximum atomic E-state index is 13.6. The zero-order valence-electron chi connectivity index (χ0n) is 11.1. The number of rotatable bonds is 5. The van der Waals surface area contributed by atoms with E-state index in [4.69, 9.17) is 4.74 Å². The summed E-state index contributed by atoms with van der Waals surface area (Å²) in [5, 5.41) is 18.6. The first-order chi connectivity index (χ1) is 9.67. The van der Waals surface area contributed by atoms with Crippen LogP contribution in [0.4, 0.5) is 4.39 Å². The number of hydrogen-bond donors (Lipinski definition) is 2. The number of aryl methyl sites for hydroxylation is 1. The number of aliphatic hydroxyl groups excluding tert-OH is 2. The Bertz CT molecular complexity index is 587. The first-order valence-electron chi connectivity index (χ1n) is 6.23. The smallest absolute Gasteiger partial charge is 0.219 e. The summed E-state index contributed by atoms with van der Waals surface area (Å²) in [6, 6.07) is 9.48. The highest BCUT2D eigenvalue weighted by atomic mass is 19.1. The van der Waals surface area contributed by atoms with Crippen molar-refractivity contribution in [2.24, 2.45) is 0 Å². The van der Waals surface area contributed by atoms with Crippen LogP contribution < -0.4 is 4.74 Å². The molecule has 106 valence electrons. The molecule has 0 unspecified atom stereocenters. The van der Waals surface area contributed by atoms with E-state index in [1.54, 1.807) is 6.92 Å². The average Bonchev–Trinajstić information content (AvgIpc) is 2.46. The molecule has 0 saturated heterocycles. The molecule has 0 fully saturated rings. The van der Waals surface area contributed by atoms with Crippen molar-refractivity contribution >= 4 is 0 Å². The number of ether oxygens (including phenoxy) is 1. The third kappa shape index (κ3) is 2.95. The van der Waals surface area contributed by atoms with Crippen LogP contribution in [0, 0.1) is 12.9 Å². The lowest BCUT2D eigenvalue weighted by Crippen LogP contribution is -2.08. The van der Waals surface area contributed by atoms with E-state index in [-0.39, 0.29) is 17.7 Å². The van der Waals surface area contributed by atoms with Gasteiger partial charge in [-0.15, -0.1) is 0 Å². The van der Waals surface area contributed by atoms with Crippen molar-refractivity contribution < 1.29 is 19.3 Å². The summed E-state index contributed by atoms with van der Waals surface area (Å²) < 4.78 is 19.2. The van der Waals surface area contributed by atoms with Gasteiger partial charge in [0, 0.05) is 11.1 Å². The molecule has 0 spiro atoms. The van der Waals surface area contributed by atoms with Crippen LogP contribution in [0.3, 0.4) is 0 Å². The first kappa shape index (κ1) is 14.4. The van der Waals surface area contributed by atoms with Crippen LogP contribution in [0.5, 0.6) is 5.75 Å². The van der Waals surface area contributed by atoms with E-state index < -0.39 is 19.2 Å². The quantitative estimate of drug-likeness (QED) is 0.821. The molecule has 0 aliphatic rings. The Morgan fingerprint density at radius 1 is 1.10 bits per heavy atom. The van der Waals surface area contributed by atoms with Crippen molar-refractivity contribution in [1.82, 2.24) is 4.98 Å². The van der Waals surface area contributed by atoms with E-state index in [9.17, 15) is 14.6 Å². The number of halogens is 1. The van der Waals surface area contributed by atoms with Crippen molar-refractivity contribution in [2.45, 2.75) is 26.7 Å². The third-order valence-corrected chi connectivity index (χ3v) is 3.02. The van der Waals surface area contributed by atoms with Gasteiger partial charge in [0.05, 0.1) is 18.9 Å². The van der Waals surface area contributed by atoms with Gasteiger partial charge < -0.3 is 14.9 Å². The van der Waals surface area contributed by atoms with Gasteiger partial charge in [0.15, 0.2) is 0 Å². The Labute approximate surface area is 116 Å². The highest BCUT2D eigenvalue weighted by Crippen LogP contribution is 2.28. The topological polar surface area (TPSA) is 62.6 Å². The molecule has 1 aromatic carbocycles. The minimum absolute atomic E-state index is 0.0267. The summed E-state index contributed by atoms with van der Waals surface area (Å²) in [4.78, 5) is 3.70. The fraction of sp³-hybridized carbons (Fsp3) is 0.267. The lowest BCUT2D eigenvalue weighted by molar-refractivity contribution is 0.236. The van der Waals surface area contributed by atoms with Crippen LogP contribution in [0.2, 0.25) is 0 Å². The molecule has 0 saturated carbocycles. The van der Waals surface area contributed by atoms with E-state index in [1.165, 1.54) is 0 Å². The second-order valence-electron chi connectivity index (χ2n) is 4.36. The molecule has 1 heterocycles. The molecule has 2 N–H and O–H groups in total. The van der Waals surface area contributed by atoms with Crippen LogP contribution >= 0.6 is 0 Å². The van der Waals surface area contributed by atoms with Gasteiger partial charge in [0.25, 0.3) is 0 Å². The minimum atomic E-state index is -0.777. The summed E-state index contributed by atoms with van der Waals surface area (Å²) in [6.45, 7) is 0.938. The van der Waals surface area contributed by atoms with E-state index in [2.05, 4.69) is 4.98 Å². The van der Waals surface area contributed by atoms with Gasteiger partial charge in [-0.1, -0.05) is 30.3 Å². The number of aromatic nitrogens is 1. The molecule has 0 atom stereocenters. The van der Waals surface area contributed by atoms with Gasteiger partial charge in [0.1, 0.15) is 12.4 Å². The van der Waals surface area contributed by atoms with Gasteiger partial charge >= 0.3 is 0 Å². The Kier molecular flexibility index (Phi) is 4.65.